The molecule has 2 unspecified atom stereocenters. The highest BCUT2D eigenvalue weighted by molar-refractivity contribution is 5.90. The van der Waals surface area contributed by atoms with Crippen molar-refractivity contribution in [3.05, 3.63) is 0 Å². The van der Waals surface area contributed by atoms with Gasteiger partial charge in [-0.15, -0.1) is 0 Å². The summed E-state index contributed by atoms with van der Waals surface area (Å²) in [7, 11) is 0. The molecular formula is C13H23N3O2. The van der Waals surface area contributed by atoms with Crippen molar-refractivity contribution >= 4 is 11.8 Å². The predicted octanol–water partition coefficient (Wildman–Crippen LogP) is 0.159. The molecule has 2 aliphatic rings. The van der Waals surface area contributed by atoms with Gasteiger partial charge in [-0.05, 0) is 37.6 Å². The number of rotatable bonds is 2. The molecule has 2 fully saturated rings. The Kier molecular flexibility index (Phi) is 3.90. The normalized spacial score (nSPS) is 31.6. The minimum atomic E-state index is -0.356. The van der Waals surface area contributed by atoms with Gasteiger partial charge in [0, 0.05) is 6.54 Å². The zero-order chi connectivity index (χ0) is 13.2. The van der Waals surface area contributed by atoms with Crippen molar-refractivity contribution in [2.24, 2.45) is 5.41 Å². The summed E-state index contributed by atoms with van der Waals surface area (Å²) in [6.07, 6.45) is 3.80. The maximum Gasteiger partial charge on any atom is 0.242 e. The molecule has 0 saturated carbocycles. The third-order valence-corrected chi connectivity index (χ3v) is 3.99. The molecule has 0 radical (unpaired) electrons. The number of amides is 2. The van der Waals surface area contributed by atoms with E-state index < -0.39 is 0 Å². The van der Waals surface area contributed by atoms with E-state index in [1.807, 2.05) is 0 Å². The zero-order valence-corrected chi connectivity index (χ0v) is 11.2. The van der Waals surface area contributed by atoms with Gasteiger partial charge in [-0.3, -0.25) is 9.59 Å². The Labute approximate surface area is 108 Å². The molecule has 2 aliphatic heterocycles. The lowest BCUT2D eigenvalue weighted by atomic mass is 9.77. The molecular weight excluding hydrogens is 230 g/mol. The fourth-order valence-electron chi connectivity index (χ4n) is 2.82. The fourth-order valence-corrected chi connectivity index (χ4v) is 2.82. The molecule has 5 nitrogen and oxygen atoms in total. The molecule has 0 aliphatic carbocycles. The number of piperidine rings is 2. The Bertz CT molecular complexity index is 341. The largest absolute Gasteiger partial charge is 0.354 e. The SMILES string of the molecule is CC1(C)CCCNC1C(=O)NC1CCCNC1=O. The fraction of sp³-hybridized carbons (Fsp3) is 0.846. The standard InChI is InChI=1S/C13H23N3O2/c1-13(2)6-4-8-14-10(13)12(18)16-9-5-3-7-15-11(9)17/h9-10,14H,3-8H2,1-2H3,(H,15,17)(H,16,18). The van der Waals surface area contributed by atoms with Gasteiger partial charge in [-0.25, -0.2) is 0 Å². The van der Waals surface area contributed by atoms with Crippen LogP contribution in [0.15, 0.2) is 0 Å². The number of hydrogen-bond acceptors (Lipinski definition) is 3. The lowest BCUT2D eigenvalue weighted by Gasteiger charge is -2.39. The molecule has 0 bridgehead atoms. The molecule has 2 amide bonds. The second-order valence-corrected chi connectivity index (χ2v) is 5.97. The van der Waals surface area contributed by atoms with Gasteiger partial charge >= 0.3 is 0 Å². The zero-order valence-electron chi connectivity index (χ0n) is 11.2. The highest BCUT2D eigenvalue weighted by Gasteiger charge is 2.38. The maximum absolute atomic E-state index is 12.3. The minimum absolute atomic E-state index is 0.0400. The second kappa shape index (κ2) is 5.26. The third-order valence-electron chi connectivity index (χ3n) is 3.99. The summed E-state index contributed by atoms with van der Waals surface area (Å²) in [6, 6.07) is -0.549. The highest BCUT2D eigenvalue weighted by atomic mass is 16.2. The van der Waals surface area contributed by atoms with E-state index >= 15 is 0 Å². The first-order valence-corrected chi connectivity index (χ1v) is 6.82. The summed E-state index contributed by atoms with van der Waals surface area (Å²) in [5.41, 5.74) is -0.0481. The van der Waals surface area contributed by atoms with Crippen LogP contribution in [0.4, 0.5) is 0 Å². The summed E-state index contributed by atoms with van der Waals surface area (Å²) in [5, 5.41) is 8.94. The number of carbonyl (C=O) groups is 2. The second-order valence-electron chi connectivity index (χ2n) is 5.97. The molecule has 3 N–H and O–H groups in total. The minimum Gasteiger partial charge on any atom is -0.354 e. The van der Waals surface area contributed by atoms with Crippen molar-refractivity contribution in [3.63, 3.8) is 0 Å². The smallest absolute Gasteiger partial charge is 0.242 e. The van der Waals surface area contributed by atoms with E-state index in [1.54, 1.807) is 0 Å². The van der Waals surface area contributed by atoms with Crippen LogP contribution < -0.4 is 16.0 Å². The van der Waals surface area contributed by atoms with Crippen LogP contribution in [-0.2, 0) is 9.59 Å². The molecule has 2 rings (SSSR count). The average molecular weight is 253 g/mol. The molecule has 0 aromatic rings. The Morgan fingerprint density at radius 3 is 2.78 bits per heavy atom. The molecule has 2 atom stereocenters. The first-order chi connectivity index (χ1) is 8.50. The van der Waals surface area contributed by atoms with Gasteiger partial charge in [-0.1, -0.05) is 13.8 Å². The summed E-state index contributed by atoms with van der Waals surface area (Å²) in [6.45, 7) is 5.80. The van der Waals surface area contributed by atoms with Crippen LogP contribution in [-0.4, -0.2) is 37.0 Å². The van der Waals surface area contributed by atoms with Gasteiger partial charge in [0.25, 0.3) is 0 Å². The quantitative estimate of drug-likeness (QED) is 0.656. The Morgan fingerprint density at radius 1 is 1.33 bits per heavy atom. The first kappa shape index (κ1) is 13.3. The van der Waals surface area contributed by atoms with Crippen LogP contribution in [0.25, 0.3) is 0 Å². The number of hydrogen-bond donors (Lipinski definition) is 3. The van der Waals surface area contributed by atoms with Crippen LogP contribution in [0.2, 0.25) is 0 Å². The monoisotopic (exact) mass is 253 g/mol. The van der Waals surface area contributed by atoms with Crippen molar-refractivity contribution in [2.75, 3.05) is 13.1 Å². The molecule has 0 spiro atoms. The molecule has 2 heterocycles. The Hall–Kier alpha value is -1.10. The van der Waals surface area contributed by atoms with Crippen molar-refractivity contribution in [2.45, 2.75) is 51.6 Å². The van der Waals surface area contributed by atoms with Crippen LogP contribution in [0, 0.1) is 5.41 Å². The van der Waals surface area contributed by atoms with E-state index in [-0.39, 0.29) is 29.3 Å². The highest BCUT2D eigenvalue weighted by Crippen LogP contribution is 2.30. The van der Waals surface area contributed by atoms with Crippen molar-refractivity contribution in [1.29, 1.82) is 0 Å². The van der Waals surface area contributed by atoms with Gasteiger partial charge in [0.05, 0.1) is 6.04 Å². The molecule has 102 valence electrons. The summed E-state index contributed by atoms with van der Waals surface area (Å²) < 4.78 is 0. The van der Waals surface area contributed by atoms with Gasteiger partial charge in [0.15, 0.2) is 0 Å². The van der Waals surface area contributed by atoms with E-state index in [4.69, 9.17) is 0 Å². The van der Waals surface area contributed by atoms with E-state index in [9.17, 15) is 9.59 Å². The number of nitrogens with one attached hydrogen (secondary N) is 3. The van der Waals surface area contributed by atoms with Gasteiger partial charge in [0.2, 0.25) is 11.8 Å². The Balaban J connectivity index is 1.96. The summed E-state index contributed by atoms with van der Waals surface area (Å²) >= 11 is 0. The van der Waals surface area contributed by atoms with Crippen molar-refractivity contribution in [3.8, 4) is 0 Å². The Morgan fingerprint density at radius 2 is 2.11 bits per heavy atom. The average Bonchev–Trinajstić information content (AvgIpc) is 2.31. The van der Waals surface area contributed by atoms with Gasteiger partial charge < -0.3 is 16.0 Å². The lowest BCUT2D eigenvalue weighted by molar-refractivity contribution is -0.133. The summed E-state index contributed by atoms with van der Waals surface area (Å²) in [5.74, 6) is -0.0926. The van der Waals surface area contributed by atoms with Crippen molar-refractivity contribution in [1.82, 2.24) is 16.0 Å². The number of carbonyl (C=O) groups excluding carboxylic acids is 2. The summed E-state index contributed by atoms with van der Waals surface area (Å²) in [4.78, 5) is 23.9. The van der Waals surface area contributed by atoms with Crippen LogP contribution >= 0.6 is 0 Å². The van der Waals surface area contributed by atoms with Gasteiger partial charge in [-0.2, -0.15) is 0 Å². The molecule has 18 heavy (non-hydrogen) atoms. The first-order valence-electron chi connectivity index (χ1n) is 6.82. The third kappa shape index (κ3) is 2.83. The molecule has 2 saturated heterocycles. The molecule has 0 aromatic carbocycles. The molecule has 5 heteroatoms. The lowest BCUT2D eigenvalue weighted by Crippen LogP contribution is -2.59. The van der Waals surface area contributed by atoms with E-state index in [1.165, 1.54) is 0 Å². The van der Waals surface area contributed by atoms with E-state index in [2.05, 4.69) is 29.8 Å². The topological polar surface area (TPSA) is 70.2 Å². The van der Waals surface area contributed by atoms with Crippen LogP contribution in [0.5, 0.6) is 0 Å². The van der Waals surface area contributed by atoms with Crippen LogP contribution in [0.1, 0.15) is 39.5 Å². The van der Waals surface area contributed by atoms with Gasteiger partial charge in [0.1, 0.15) is 6.04 Å². The predicted molar refractivity (Wildman–Crippen MR) is 69.0 cm³/mol. The molecule has 0 aromatic heterocycles. The van der Waals surface area contributed by atoms with Crippen molar-refractivity contribution < 1.29 is 9.59 Å². The van der Waals surface area contributed by atoms with E-state index in [0.717, 1.165) is 38.8 Å². The maximum atomic E-state index is 12.3. The van der Waals surface area contributed by atoms with E-state index in [0.29, 0.717) is 0 Å². The van der Waals surface area contributed by atoms with Crippen LogP contribution in [0.3, 0.4) is 0 Å².